The summed E-state index contributed by atoms with van der Waals surface area (Å²) in [6.45, 7) is 3.60. The number of hydrogen-bond donors (Lipinski definition) is 1. The maximum Gasteiger partial charge on any atom is 0.242 e. The van der Waals surface area contributed by atoms with Gasteiger partial charge in [0.05, 0.1) is 22.0 Å². The van der Waals surface area contributed by atoms with Crippen molar-refractivity contribution in [1.82, 2.24) is 10.2 Å². The second kappa shape index (κ2) is 12.1. The molecule has 0 aliphatic carbocycles. The van der Waals surface area contributed by atoms with Crippen LogP contribution in [0.1, 0.15) is 30.9 Å². The Morgan fingerprint density at radius 3 is 2.32 bits per heavy atom. The third-order valence-electron chi connectivity index (χ3n) is 5.41. The minimum absolute atomic E-state index is 0.0360. The molecule has 0 aromatic heterocycles. The molecule has 2 rings (SSSR count). The van der Waals surface area contributed by atoms with Gasteiger partial charge in [0.15, 0.2) is 0 Å². The summed E-state index contributed by atoms with van der Waals surface area (Å²) in [5, 5.41) is 3.74. The number of sulfonamides is 1. The van der Waals surface area contributed by atoms with Crippen LogP contribution in [-0.4, -0.2) is 51.0 Å². The molecule has 1 unspecified atom stereocenters. The lowest BCUT2D eigenvalue weighted by molar-refractivity contribution is -0.140. The number of nitrogens with zero attached hydrogens (tertiary/aromatic N) is 2. The van der Waals surface area contributed by atoms with Gasteiger partial charge in [0.1, 0.15) is 6.04 Å². The lowest BCUT2D eigenvalue weighted by Gasteiger charge is -2.29. The van der Waals surface area contributed by atoms with Crippen LogP contribution in [0.15, 0.2) is 36.4 Å². The summed E-state index contributed by atoms with van der Waals surface area (Å²) in [6, 6.07) is 9.31. The molecule has 0 aliphatic rings. The number of hydrogen-bond acceptors (Lipinski definition) is 4. The first kappa shape index (κ1) is 28.2. The molecule has 2 amide bonds. The zero-order valence-electron chi connectivity index (χ0n) is 19.4. The highest BCUT2D eigenvalue weighted by Gasteiger charge is 2.26. The normalized spacial score (nSPS) is 12.2. The lowest BCUT2D eigenvalue weighted by Crippen LogP contribution is -2.46. The van der Waals surface area contributed by atoms with Crippen LogP contribution >= 0.6 is 34.8 Å². The number of carbonyl (C=O) groups excluding carboxylic acids is 2. The maximum atomic E-state index is 13.1. The summed E-state index contributed by atoms with van der Waals surface area (Å²) in [6.07, 6.45) is 1.39. The molecule has 11 heteroatoms. The predicted octanol–water partition coefficient (Wildman–Crippen LogP) is 4.66. The molecule has 34 heavy (non-hydrogen) atoms. The molecule has 0 bridgehead atoms. The average Bonchev–Trinajstić information content (AvgIpc) is 2.77. The van der Waals surface area contributed by atoms with Crippen molar-refractivity contribution >= 4 is 62.3 Å². The lowest BCUT2D eigenvalue weighted by atomic mass is 10.1. The van der Waals surface area contributed by atoms with Gasteiger partial charge in [-0.15, -0.1) is 0 Å². The summed E-state index contributed by atoms with van der Waals surface area (Å²) in [5.74, 6) is -0.612. The molecule has 0 aliphatic heterocycles. The SMILES string of the molecule is CNC(=O)C(C)N(Cc1ccc(Cl)c(Cl)c1)C(=O)CCCN(c1cccc(Cl)c1C)S(C)(=O)=O. The standard InChI is InChI=1S/C23H28Cl3N3O4S/c1-15-18(24)7-5-8-21(15)29(34(4,32)33)12-6-9-22(30)28(16(2)23(31)27-3)14-17-10-11-19(25)20(26)13-17/h5,7-8,10-11,13,16H,6,9,12,14H2,1-4H3,(H,27,31). The highest BCUT2D eigenvalue weighted by molar-refractivity contribution is 7.92. The van der Waals surface area contributed by atoms with Crippen LogP contribution in [0, 0.1) is 6.92 Å². The minimum Gasteiger partial charge on any atom is -0.357 e. The van der Waals surface area contributed by atoms with E-state index in [0.717, 1.165) is 6.26 Å². The first-order valence-corrected chi connectivity index (χ1v) is 13.5. The Morgan fingerprint density at radius 2 is 1.74 bits per heavy atom. The molecule has 7 nitrogen and oxygen atoms in total. The smallest absolute Gasteiger partial charge is 0.242 e. The van der Waals surface area contributed by atoms with Crippen LogP contribution in [-0.2, 0) is 26.2 Å². The number of likely N-dealkylation sites (N-methyl/N-ethyl adjacent to an activating group) is 1. The maximum absolute atomic E-state index is 13.1. The molecular formula is C23H28Cl3N3O4S. The van der Waals surface area contributed by atoms with Crippen molar-refractivity contribution in [1.29, 1.82) is 0 Å². The van der Waals surface area contributed by atoms with Crippen molar-refractivity contribution in [2.24, 2.45) is 0 Å². The fraction of sp³-hybridized carbons (Fsp3) is 0.391. The Kier molecular flexibility index (Phi) is 10.1. The van der Waals surface area contributed by atoms with Gasteiger partial charge in [-0.2, -0.15) is 0 Å². The molecule has 0 spiro atoms. The fourth-order valence-corrected chi connectivity index (χ4v) is 4.98. The Bertz CT molecular complexity index is 1160. The molecule has 2 aromatic rings. The average molecular weight is 549 g/mol. The van der Waals surface area contributed by atoms with E-state index in [9.17, 15) is 18.0 Å². The van der Waals surface area contributed by atoms with Crippen molar-refractivity contribution in [3.05, 3.63) is 62.6 Å². The Balaban J connectivity index is 2.20. The topological polar surface area (TPSA) is 86.8 Å². The van der Waals surface area contributed by atoms with E-state index in [4.69, 9.17) is 34.8 Å². The van der Waals surface area contributed by atoms with Crippen molar-refractivity contribution in [2.75, 3.05) is 24.2 Å². The first-order chi connectivity index (χ1) is 15.9. The summed E-state index contributed by atoms with van der Waals surface area (Å²) in [7, 11) is -2.11. The third-order valence-corrected chi connectivity index (χ3v) is 7.74. The van der Waals surface area contributed by atoms with E-state index >= 15 is 0 Å². The Labute approximate surface area is 216 Å². The predicted molar refractivity (Wildman–Crippen MR) is 138 cm³/mol. The minimum atomic E-state index is -3.61. The number of anilines is 1. The first-order valence-electron chi connectivity index (χ1n) is 10.5. The second-order valence-electron chi connectivity index (χ2n) is 7.88. The van der Waals surface area contributed by atoms with Crippen LogP contribution < -0.4 is 9.62 Å². The number of nitrogens with one attached hydrogen (secondary N) is 1. The fourth-order valence-electron chi connectivity index (χ4n) is 3.47. The quantitative estimate of drug-likeness (QED) is 0.468. The van der Waals surface area contributed by atoms with Crippen LogP contribution in [0.4, 0.5) is 5.69 Å². The highest BCUT2D eigenvalue weighted by atomic mass is 35.5. The Morgan fingerprint density at radius 1 is 1.06 bits per heavy atom. The van der Waals surface area contributed by atoms with Gasteiger partial charge >= 0.3 is 0 Å². The highest BCUT2D eigenvalue weighted by Crippen LogP contribution is 2.29. The van der Waals surface area contributed by atoms with Crippen LogP contribution in [0.25, 0.3) is 0 Å². The summed E-state index contributed by atoms with van der Waals surface area (Å²) in [5.41, 5.74) is 1.81. The summed E-state index contributed by atoms with van der Waals surface area (Å²) in [4.78, 5) is 26.9. The molecule has 0 radical (unpaired) electrons. The van der Waals surface area contributed by atoms with E-state index < -0.39 is 16.1 Å². The van der Waals surface area contributed by atoms with Gasteiger partial charge in [-0.1, -0.05) is 46.9 Å². The number of halogens is 3. The molecule has 0 heterocycles. The van der Waals surface area contributed by atoms with E-state index in [1.807, 2.05) is 0 Å². The van der Waals surface area contributed by atoms with E-state index in [1.165, 1.54) is 16.3 Å². The Hall–Kier alpha value is -2.00. The van der Waals surface area contributed by atoms with Crippen molar-refractivity contribution in [3.63, 3.8) is 0 Å². The van der Waals surface area contributed by atoms with Crippen LogP contribution in [0.2, 0.25) is 15.1 Å². The van der Waals surface area contributed by atoms with Gasteiger partial charge in [-0.25, -0.2) is 8.42 Å². The van der Waals surface area contributed by atoms with Crippen LogP contribution in [0.5, 0.6) is 0 Å². The van der Waals surface area contributed by atoms with Crippen molar-refractivity contribution < 1.29 is 18.0 Å². The number of carbonyl (C=O) groups is 2. The molecule has 1 N–H and O–H groups in total. The summed E-state index contributed by atoms with van der Waals surface area (Å²) < 4.78 is 26.1. The van der Waals surface area contributed by atoms with Gasteiger partial charge in [-0.3, -0.25) is 13.9 Å². The van der Waals surface area contributed by atoms with Gasteiger partial charge in [-0.05, 0) is 55.7 Å². The van der Waals surface area contributed by atoms with Gasteiger partial charge in [0.2, 0.25) is 21.8 Å². The molecule has 0 saturated heterocycles. The third kappa shape index (κ3) is 7.25. The van der Waals surface area contributed by atoms with Crippen molar-refractivity contribution in [3.8, 4) is 0 Å². The number of benzene rings is 2. The molecular weight excluding hydrogens is 521 g/mol. The van der Waals surface area contributed by atoms with Gasteiger partial charge < -0.3 is 10.2 Å². The van der Waals surface area contributed by atoms with Crippen LogP contribution in [0.3, 0.4) is 0 Å². The van der Waals surface area contributed by atoms with Crippen molar-refractivity contribution in [2.45, 2.75) is 39.3 Å². The van der Waals surface area contributed by atoms with E-state index in [1.54, 1.807) is 50.2 Å². The second-order valence-corrected chi connectivity index (χ2v) is 11.0. The van der Waals surface area contributed by atoms with Gasteiger partial charge in [0, 0.05) is 31.6 Å². The van der Waals surface area contributed by atoms with E-state index in [-0.39, 0.29) is 37.7 Å². The van der Waals surface area contributed by atoms with E-state index in [2.05, 4.69) is 5.32 Å². The van der Waals surface area contributed by atoms with Gasteiger partial charge in [0.25, 0.3) is 0 Å². The zero-order valence-corrected chi connectivity index (χ0v) is 22.5. The molecule has 1 atom stereocenters. The molecule has 186 valence electrons. The monoisotopic (exact) mass is 547 g/mol. The summed E-state index contributed by atoms with van der Waals surface area (Å²) >= 11 is 18.3. The largest absolute Gasteiger partial charge is 0.357 e. The molecule has 0 fully saturated rings. The zero-order chi connectivity index (χ0) is 25.6. The molecule has 0 saturated carbocycles. The van der Waals surface area contributed by atoms with E-state index in [0.29, 0.717) is 31.9 Å². The molecule has 2 aromatic carbocycles. The number of rotatable bonds is 10. The number of amides is 2.